The fourth-order valence-corrected chi connectivity index (χ4v) is 5.87. The fraction of sp³-hybridized carbons (Fsp3) is 0.625. The van der Waals surface area contributed by atoms with Gasteiger partial charge in [-0.25, -0.2) is 0 Å². The summed E-state index contributed by atoms with van der Waals surface area (Å²) < 4.78 is 7.85. The van der Waals surface area contributed by atoms with Crippen molar-refractivity contribution in [2.24, 2.45) is 0 Å². The maximum absolute atomic E-state index is 6.26. The van der Waals surface area contributed by atoms with E-state index in [-0.39, 0.29) is 5.04 Å². The van der Waals surface area contributed by atoms with Crippen LogP contribution in [0.4, 0.5) is 0 Å². The standard InChI is InChI=1S/C13H21OSi.3CH3.Sn/c1-13(2,3)15(4,5)14-11-12-9-7-6-8-10-12;;;;/h7-10H,11H2,1-5H3;3*1H3;. The first-order valence-corrected chi connectivity index (χ1v) is 20.1. The summed E-state index contributed by atoms with van der Waals surface area (Å²) in [4.78, 5) is 7.36. The van der Waals surface area contributed by atoms with E-state index in [1.807, 2.05) is 0 Å². The number of hydrogen-bond donors (Lipinski definition) is 0. The normalized spacial score (nSPS) is 13.7. The van der Waals surface area contributed by atoms with Crippen molar-refractivity contribution in [3.05, 3.63) is 29.8 Å². The zero-order chi connectivity index (χ0) is 14.9. The van der Waals surface area contributed by atoms with E-state index in [9.17, 15) is 0 Å². The van der Waals surface area contributed by atoms with E-state index in [1.54, 1.807) is 3.58 Å². The maximum atomic E-state index is 6.26. The van der Waals surface area contributed by atoms with Gasteiger partial charge in [-0.3, -0.25) is 0 Å². The summed E-state index contributed by atoms with van der Waals surface area (Å²) in [5.74, 6) is 0. The third kappa shape index (κ3) is 4.90. The summed E-state index contributed by atoms with van der Waals surface area (Å²) in [6.07, 6.45) is 0. The molecule has 0 spiro atoms. The van der Waals surface area contributed by atoms with Crippen LogP contribution in [0.25, 0.3) is 0 Å². The van der Waals surface area contributed by atoms with Crippen molar-refractivity contribution in [2.75, 3.05) is 0 Å². The molecule has 108 valence electrons. The molecular formula is C16H30OSiSn. The van der Waals surface area contributed by atoms with E-state index >= 15 is 0 Å². The van der Waals surface area contributed by atoms with Crippen molar-refractivity contribution < 1.29 is 4.43 Å². The molecule has 0 amide bonds. The summed E-state index contributed by atoms with van der Waals surface area (Å²) in [6.45, 7) is 12.2. The third-order valence-corrected chi connectivity index (χ3v) is 14.6. The van der Waals surface area contributed by atoms with Gasteiger partial charge in [-0.05, 0) is 0 Å². The second-order valence-corrected chi connectivity index (χ2v) is 27.3. The molecule has 0 aliphatic heterocycles. The molecule has 0 fully saturated rings. The molecule has 0 aliphatic carbocycles. The molecule has 0 bridgehead atoms. The number of benzene rings is 1. The second-order valence-electron chi connectivity index (χ2n) is 8.00. The molecule has 1 aromatic carbocycles. The number of hydrogen-bond acceptors (Lipinski definition) is 1. The summed E-state index contributed by atoms with van der Waals surface area (Å²) in [5.41, 5.74) is 1.31. The van der Waals surface area contributed by atoms with Gasteiger partial charge in [0.1, 0.15) is 0 Å². The van der Waals surface area contributed by atoms with Gasteiger partial charge in [0, 0.05) is 0 Å². The van der Waals surface area contributed by atoms with Crippen LogP contribution in [0.5, 0.6) is 0 Å². The first-order valence-electron chi connectivity index (χ1n) is 7.17. The van der Waals surface area contributed by atoms with Crippen LogP contribution in [-0.2, 0) is 11.0 Å². The zero-order valence-electron chi connectivity index (χ0n) is 13.9. The van der Waals surface area contributed by atoms with Crippen molar-refractivity contribution in [3.63, 3.8) is 0 Å². The van der Waals surface area contributed by atoms with E-state index in [0.29, 0.717) is 0 Å². The van der Waals surface area contributed by atoms with E-state index in [2.05, 4.69) is 72.9 Å². The van der Waals surface area contributed by atoms with Gasteiger partial charge in [-0.15, -0.1) is 0 Å². The Morgan fingerprint density at radius 3 is 1.84 bits per heavy atom. The first kappa shape index (κ1) is 17.2. The summed E-state index contributed by atoms with van der Waals surface area (Å²) in [6, 6.07) is 9.15. The summed E-state index contributed by atoms with van der Waals surface area (Å²) in [7, 11) is -1.62. The minimum atomic E-state index is -1.89. The van der Waals surface area contributed by atoms with Gasteiger partial charge in [-0.2, -0.15) is 0 Å². The Hall–Kier alpha value is 0.196. The van der Waals surface area contributed by atoms with E-state index < -0.39 is 26.7 Å². The molecule has 0 aromatic heterocycles. The van der Waals surface area contributed by atoms with Crippen LogP contribution in [0.2, 0.25) is 33.0 Å². The molecule has 1 nitrogen and oxygen atoms in total. The zero-order valence-corrected chi connectivity index (χ0v) is 17.8. The predicted molar refractivity (Wildman–Crippen MR) is 91.4 cm³/mol. The molecule has 0 unspecified atom stereocenters. The van der Waals surface area contributed by atoms with Crippen molar-refractivity contribution in [2.45, 2.75) is 60.3 Å². The van der Waals surface area contributed by atoms with Crippen LogP contribution >= 0.6 is 0 Å². The first-order chi connectivity index (χ1) is 8.43. The minimum absolute atomic E-state index is 0.287. The van der Waals surface area contributed by atoms with E-state index in [4.69, 9.17) is 4.43 Å². The molecule has 3 heteroatoms. The van der Waals surface area contributed by atoms with E-state index in [1.165, 1.54) is 5.56 Å². The van der Waals surface area contributed by atoms with Crippen LogP contribution in [0.3, 0.4) is 0 Å². The Kier molecular flexibility index (Phi) is 5.36. The third-order valence-electron chi connectivity index (χ3n) is 4.23. The van der Waals surface area contributed by atoms with Gasteiger partial charge in [0.2, 0.25) is 0 Å². The molecule has 1 rings (SSSR count). The van der Waals surface area contributed by atoms with Crippen LogP contribution in [0, 0.1) is 0 Å². The van der Waals surface area contributed by atoms with Gasteiger partial charge < -0.3 is 0 Å². The molecule has 1 aromatic rings. The van der Waals surface area contributed by atoms with Crippen molar-refractivity contribution in [3.8, 4) is 0 Å². The van der Waals surface area contributed by atoms with Crippen LogP contribution in [0.1, 0.15) is 26.3 Å². The van der Waals surface area contributed by atoms with E-state index in [0.717, 1.165) is 6.61 Å². The molecule has 0 N–H and O–H groups in total. The quantitative estimate of drug-likeness (QED) is 0.680. The Morgan fingerprint density at radius 1 is 1.00 bits per heavy atom. The Labute approximate surface area is 124 Å². The molecule has 0 saturated carbocycles. The SMILES string of the molecule is CC(C)(C)[Si](C)(C)OCc1cc[c]([Sn]([CH3])([CH3])[CH3])cc1. The molecule has 0 heterocycles. The van der Waals surface area contributed by atoms with Gasteiger partial charge in [0.05, 0.1) is 0 Å². The Bertz CT molecular complexity index is 410. The topological polar surface area (TPSA) is 9.23 Å². The predicted octanol–water partition coefficient (Wildman–Crippen LogP) is 4.75. The second kappa shape index (κ2) is 5.90. The van der Waals surface area contributed by atoms with Gasteiger partial charge in [0.15, 0.2) is 0 Å². The number of rotatable bonds is 4. The average Bonchev–Trinajstić information content (AvgIpc) is 2.24. The monoisotopic (exact) mass is 386 g/mol. The Morgan fingerprint density at radius 2 is 1.47 bits per heavy atom. The van der Waals surface area contributed by atoms with Gasteiger partial charge in [0.25, 0.3) is 0 Å². The van der Waals surface area contributed by atoms with Crippen molar-refractivity contribution in [1.82, 2.24) is 0 Å². The fourth-order valence-electron chi connectivity index (χ4n) is 1.58. The summed E-state index contributed by atoms with van der Waals surface area (Å²) >= 11 is -1.89. The van der Waals surface area contributed by atoms with Gasteiger partial charge >= 0.3 is 125 Å². The van der Waals surface area contributed by atoms with Crippen molar-refractivity contribution >= 4 is 30.3 Å². The summed E-state index contributed by atoms with van der Waals surface area (Å²) in [5, 5.41) is 0.287. The van der Waals surface area contributed by atoms with Gasteiger partial charge in [-0.1, -0.05) is 0 Å². The molecule has 0 aliphatic rings. The Balaban J connectivity index is 2.70. The average molecular weight is 385 g/mol. The molecular weight excluding hydrogens is 355 g/mol. The van der Waals surface area contributed by atoms with Crippen LogP contribution in [-0.4, -0.2) is 26.7 Å². The molecule has 0 atom stereocenters. The van der Waals surface area contributed by atoms with Crippen LogP contribution < -0.4 is 3.58 Å². The van der Waals surface area contributed by atoms with Crippen LogP contribution in [0.15, 0.2) is 24.3 Å². The molecule has 0 saturated heterocycles. The molecule has 19 heavy (non-hydrogen) atoms. The molecule has 0 radical (unpaired) electrons. The van der Waals surface area contributed by atoms with Crippen molar-refractivity contribution in [1.29, 1.82) is 0 Å².